The Morgan fingerprint density at radius 1 is 0.281 bits per heavy atom. The van der Waals surface area contributed by atoms with Gasteiger partial charge >= 0.3 is 0 Å². The van der Waals surface area contributed by atoms with Crippen LogP contribution < -0.4 is 9.80 Å². The average molecular weight is 1230 g/mol. The van der Waals surface area contributed by atoms with Crippen LogP contribution >= 0.6 is 0 Å². The molecular weight excluding hydrogens is 1170 g/mol. The van der Waals surface area contributed by atoms with Crippen LogP contribution in [0.15, 0.2) is 324 Å². The molecule has 0 radical (unpaired) electrons. The predicted octanol–water partition coefficient (Wildman–Crippen LogP) is 25.5. The standard InChI is InChI=1S/C90H56N4O2/c1-7-27-55(28-8-1)61-39-19-41-63-65-43-23-53-75(89(65)95-87(61)63)91(59-35-15-5-16-36-59)71-49-25-51-73-79(71)67-45-21-47-69-81-78(58-33-13-4-14-34-58)86-82(77(57-31-11-3-12-32-57)85(81)93(73)83(67)69)70-48-22-46-68-80-72(50-26-52-74(80)94(86)84(68)70)92(60-37-17-6-18-38-60)76-54-24-44-66-64-42-20-40-62(88(64)96-90(66)76)56-29-9-2-10-30-56/h1-13,15-33,35-54H,14,34H2. The monoisotopic (exact) mass is 1220 g/mol. The van der Waals surface area contributed by atoms with Crippen LogP contribution in [0.2, 0.25) is 0 Å². The van der Waals surface area contributed by atoms with E-state index in [9.17, 15) is 0 Å². The molecule has 6 aromatic heterocycles. The first-order valence-electron chi connectivity index (χ1n) is 33.2. The topological polar surface area (TPSA) is 41.6 Å². The lowest BCUT2D eigenvalue weighted by atomic mass is 9.87. The molecule has 0 amide bonds. The number of hydrogen-bond acceptors (Lipinski definition) is 4. The summed E-state index contributed by atoms with van der Waals surface area (Å²) in [5.74, 6) is 0. The third-order valence-electron chi connectivity index (χ3n) is 20.6. The largest absolute Gasteiger partial charge is 0.453 e. The first kappa shape index (κ1) is 52.9. The third kappa shape index (κ3) is 7.35. The molecule has 0 saturated carbocycles. The number of anilines is 6. The highest BCUT2D eigenvalue weighted by Crippen LogP contribution is 2.57. The van der Waals surface area contributed by atoms with Crippen molar-refractivity contribution < 1.29 is 8.83 Å². The third-order valence-corrected chi connectivity index (χ3v) is 20.6. The van der Waals surface area contributed by atoms with Gasteiger partial charge in [0.2, 0.25) is 0 Å². The molecule has 21 rings (SSSR count). The van der Waals surface area contributed by atoms with Crippen molar-refractivity contribution >= 4 is 160 Å². The molecule has 1 aliphatic carbocycles. The minimum absolute atomic E-state index is 0.840. The molecule has 0 atom stereocenters. The van der Waals surface area contributed by atoms with Crippen molar-refractivity contribution in [2.24, 2.45) is 0 Å². The first-order chi connectivity index (χ1) is 47.7. The first-order valence-corrected chi connectivity index (χ1v) is 33.2. The van der Waals surface area contributed by atoms with Gasteiger partial charge in [-0.25, -0.2) is 0 Å². The molecule has 1 aliphatic rings. The predicted molar refractivity (Wildman–Crippen MR) is 402 cm³/mol. The molecule has 6 nitrogen and oxygen atoms in total. The van der Waals surface area contributed by atoms with Gasteiger partial charge in [0.05, 0.1) is 55.8 Å². The molecule has 0 N–H and O–H groups in total. The Morgan fingerprint density at radius 3 is 1.10 bits per heavy atom. The van der Waals surface area contributed by atoms with Crippen LogP contribution in [0.25, 0.3) is 159 Å². The van der Waals surface area contributed by atoms with Gasteiger partial charge in [-0.3, -0.25) is 0 Å². The highest BCUT2D eigenvalue weighted by Gasteiger charge is 2.34. The van der Waals surface area contributed by atoms with Gasteiger partial charge in [0, 0.05) is 98.3 Å². The molecule has 0 spiro atoms. The minimum atomic E-state index is 0.840. The fourth-order valence-corrected chi connectivity index (χ4v) is 16.8. The number of hydrogen-bond donors (Lipinski definition) is 0. The summed E-state index contributed by atoms with van der Waals surface area (Å²) in [6.45, 7) is 0. The summed E-state index contributed by atoms with van der Waals surface area (Å²) in [5, 5.41) is 14.0. The van der Waals surface area contributed by atoms with E-state index in [0.717, 1.165) is 124 Å². The van der Waals surface area contributed by atoms with E-state index in [4.69, 9.17) is 8.83 Å². The second kappa shape index (κ2) is 20.4. The van der Waals surface area contributed by atoms with E-state index in [0.29, 0.717) is 0 Å². The molecule has 0 unspecified atom stereocenters. The lowest BCUT2D eigenvalue weighted by Crippen LogP contribution is -2.10. The summed E-state index contributed by atoms with van der Waals surface area (Å²) in [5.41, 5.74) is 26.1. The maximum absolute atomic E-state index is 7.26. The van der Waals surface area contributed by atoms with Crippen LogP contribution in [-0.4, -0.2) is 8.80 Å². The number of allylic oxidation sites excluding steroid dienone is 4. The van der Waals surface area contributed by atoms with Gasteiger partial charge in [0.1, 0.15) is 11.2 Å². The van der Waals surface area contributed by atoms with E-state index >= 15 is 0 Å². The molecule has 0 bridgehead atoms. The molecule has 14 aromatic carbocycles. The van der Waals surface area contributed by atoms with E-state index in [-0.39, 0.29) is 0 Å². The van der Waals surface area contributed by atoms with Gasteiger partial charge in [0.25, 0.3) is 0 Å². The zero-order chi connectivity index (χ0) is 62.7. The molecule has 0 saturated heterocycles. The molecule has 0 fully saturated rings. The lowest BCUT2D eigenvalue weighted by Gasteiger charge is -2.26. The molecular formula is C90H56N4O2. The van der Waals surface area contributed by atoms with Crippen LogP contribution in [0, 0.1) is 0 Å². The summed E-state index contributed by atoms with van der Waals surface area (Å²) in [7, 11) is 0. The number of aromatic nitrogens is 2. The fraction of sp³-hybridized carbons (Fsp3) is 0.0222. The van der Waals surface area contributed by atoms with E-state index in [1.165, 1.54) is 87.4 Å². The Labute approximate surface area is 551 Å². The summed E-state index contributed by atoms with van der Waals surface area (Å²) in [6, 6.07) is 108. The quantitative estimate of drug-likeness (QED) is 0.137. The van der Waals surface area contributed by atoms with Gasteiger partial charge in [0.15, 0.2) is 11.2 Å². The van der Waals surface area contributed by atoms with Crippen molar-refractivity contribution in [2.75, 3.05) is 9.80 Å². The summed E-state index contributed by atoms with van der Waals surface area (Å²) in [4.78, 5) is 4.87. The Balaban J connectivity index is 0.867. The SMILES string of the molecule is C1=CCCC(c2c3c4cccc5c6c(N(c7ccccc7)c7cccc8c7oc7c(-c9ccccc9)cccc78)cccc6n(c3c(-c3ccccc3)c3c6cccc7c8c(N(c9ccccc9)c9cccc%10c9oc9c(-c%11ccccc%11)cccc9%10)cccc8n(c23)c76)c54)=C1. The van der Waals surface area contributed by atoms with Crippen LogP contribution in [0.5, 0.6) is 0 Å². The van der Waals surface area contributed by atoms with Gasteiger partial charge in [-0.05, 0) is 95.8 Å². The van der Waals surface area contributed by atoms with E-state index < -0.39 is 0 Å². The normalized spacial score (nSPS) is 12.9. The zero-order valence-corrected chi connectivity index (χ0v) is 52.0. The second-order valence-corrected chi connectivity index (χ2v) is 25.6. The van der Waals surface area contributed by atoms with Crippen LogP contribution in [-0.2, 0) is 0 Å². The Bertz CT molecular complexity index is 6610. The van der Waals surface area contributed by atoms with Crippen molar-refractivity contribution in [3.8, 4) is 33.4 Å². The van der Waals surface area contributed by atoms with Crippen molar-refractivity contribution in [3.05, 3.63) is 321 Å². The van der Waals surface area contributed by atoms with Crippen LogP contribution in [0.3, 0.4) is 0 Å². The number of furan rings is 2. The van der Waals surface area contributed by atoms with Crippen molar-refractivity contribution in [3.63, 3.8) is 0 Å². The molecule has 20 aromatic rings. The Morgan fingerprint density at radius 2 is 0.646 bits per heavy atom. The number of rotatable bonds is 10. The molecule has 6 heteroatoms. The zero-order valence-electron chi connectivity index (χ0n) is 52.0. The van der Waals surface area contributed by atoms with Crippen LogP contribution in [0.4, 0.5) is 34.1 Å². The maximum Gasteiger partial charge on any atom is 0.159 e. The Kier molecular flexibility index (Phi) is 11.3. The number of fused-ring (bicyclic) bond motifs is 18. The number of para-hydroxylation sites is 8. The second-order valence-electron chi connectivity index (χ2n) is 25.6. The summed E-state index contributed by atoms with van der Waals surface area (Å²) < 4.78 is 19.8. The minimum Gasteiger partial charge on any atom is -0.453 e. The lowest BCUT2D eigenvalue weighted by molar-refractivity contribution is 0.670. The highest BCUT2D eigenvalue weighted by molar-refractivity contribution is 6.38. The summed E-state index contributed by atoms with van der Waals surface area (Å²) >= 11 is 0. The maximum atomic E-state index is 7.26. The van der Waals surface area contributed by atoms with Gasteiger partial charge in [-0.15, -0.1) is 0 Å². The average Bonchev–Trinajstić information content (AvgIpc) is 1.49. The van der Waals surface area contributed by atoms with Crippen molar-refractivity contribution in [1.82, 2.24) is 8.80 Å². The molecule has 0 aliphatic heterocycles. The van der Waals surface area contributed by atoms with Crippen molar-refractivity contribution in [2.45, 2.75) is 12.8 Å². The van der Waals surface area contributed by atoms with Gasteiger partial charge in [-0.2, -0.15) is 0 Å². The fourth-order valence-electron chi connectivity index (χ4n) is 16.8. The van der Waals surface area contributed by atoms with E-state index in [1.54, 1.807) is 0 Å². The van der Waals surface area contributed by atoms with Gasteiger partial charge in [-0.1, -0.05) is 255 Å². The molecule has 448 valence electrons. The number of nitrogens with zero attached hydrogens (tertiary/aromatic N) is 4. The van der Waals surface area contributed by atoms with E-state index in [2.05, 4.69) is 334 Å². The van der Waals surface area contributed by atoms with Gasteiger partial charge < -0.3 is 27.4 Å². The van der Waals surface area contributed by atoms with Crippen LogP contribution in [0.1, 0.15) is 18.4 Å². The molecule has 96 heavy (non-hydrogen) atoms. The smallest absolute Gasteiger partial charge is 0.159 e. The Hall–Kier alpha value is -12.6. The molecule has 6 heterocycles. The van der Waals surface area contributed by atoms with E-state index in [1.807, 2.05) is 0 Å². The summed E-state index contributed by atoms with van der Waals surface area (Å²) in [6.07, 6.45) is 8.86. The number of benzene rings is 14. The highest BCUT2D eigenvalue weighted by atomic mass is 16.3. The van der Waals surface area contributed by atoms with Crippen molar-refractivity contribution in [1.29, 1.82) is 0 Å².